The average Bonchev–Trinajstić information content (AvgIpc) is 2.85. The predicted molar refractivity (Wildman–Crippen MR) is 101 cm³/mol. The number of hydrogen-bond acceptors (Lipinski definition) is 5. The molecule has 0 saturated carbocycles. The Labute approximate surface area is 158 Å². The quantitative estimate of drug-likeness (QED) is 0.405. The molecule has 0 bridgehead atoms. The SMILES string of the molecule is CCCC1(CCC)NC(=O)N(CC(=O)OCc2ccc(SC)cc2)C1=O. The molecule has 1 fully saturated rings. The normalized spacial score (nSPS) is 15.9. The summed E-state index contributed by atoms with van der Waals surface area (Å²) in [6.07, 6.45) is 4.68. The van der Waals surface area contributed by atoms with Gasteiger partial charge in [0.1, 0.15) is 18.7 Å². The Hall–Kier alpha value is -2.02. The van der Waals surface area contributed by atoms with Crippen LogP contribution >= 0.6 is 11.8 Å². The molecule has 0 unspecified atom stereocenters. The molecule has 3 amide bonds. The molecule has 0 spiro atoms. The highest BCUT2D eigenvalue weighted by molar-refractivity contribution is 7.98. The van der Waals surface area contributed by atoms with Crippen LogP contribution in [0.15, 0.2) is 29.2 Å². The Morgan fingerprint density at radius 1 is 1.15 bits per heavy atom. The first-order valence-corrected chi connectivity index (χ1v) is 10.1. The molecule has 1 aliphatic rings. The second-order valence-corrected chi connectivity index (χ2v) is 7.29. The minimum absolute atomic E-state index is 0.117. The maximum Gasteiger partial charge on any atom is 0.326 e. The molecular weight excluding hydrogens is 352 g/mol. The van der Waals surface area contributed by atoms with E-state index in [9.17, 15) is 14.4 Å². The maximum absolute atomic E-state index is 12.7. The van der Waals surface area contributed by atoms with Crippen molar-refractivity contribution >= 4 is 29.7 Å². The van der Waals surface area contributed by atoms with Crippen LogP contribution in [0.25, 0.3) is 0 Å². The van der Waals surface area contributed by atoms with Crippen molar-refractivity contribution in [3.05, 3.63) is 29.8 Å². The van der Waals surface area contributed by atoms with E-state index in [1.54, 1.807) is 11.8 Å². The number of amides is 3. The van der Waals surface area contributed by atoms with Crippen LogP contribution < -0.4 is 5.32 Å². The summed E-state index contributed by atoms with van der Waals surface area (Å²) in [5.74, 6) is -0.918. The first-order chi connectivity index (χ1) is 12.5. The minimum Gasteiger partial charge on any atom is -0.459 e. The smallest absolute Gasteiger partial charge is 0.326 e. The number of rotatable bonds is 9. The lowest BCUT2D eigenvalue weighted by Crippen LogP contribution is -2.47. The molecule has 1 saturated heterocycles. The number of imide groups is 1. The van der Waals surface area contributed by atoms with Crippen LogP contribution in [0.3, 0.4) is 0 Å². The van der Waals surface area contributed by atoms with Crippen molar-refractivity contribution in [2.75, 3.05) is 12.8 Å². The van der Waals surface area contributed by atoms with E-state index < -0.39 is 17.5 Å². The van der Waals surface area contributed by atoms with Crippen molar-refractivity contribution < 1.29 is 19.1 Å². The Kier molecular flexibility index (Phi) is 7.08. The second kappa shape index (κ2) is 9.07. The van der Waals surface area contributed by atoms with Gasteiger partial charge in [-0.15, -0.1) is 11.8 Å². The number of hydrogen-bond donors (Lipinski definition) is 1. The monoisotopic (exact) mass is 378 g/mol. The third kappa shape index (κ3) is 4.58. The zero-order valence-electron chi connectivity index (χ0n) is 15.5. The van der Waals surface area contributed by atoms with E-state index in [4.69, 9.17) is 4.74 Å². The van der Waals surface area contributed by atoms with E-state index in [2.05, 4.69) is 5.32 Å². The van der Waals surface area contributed by atoms with Crippen LogP contribution in [0.4, 0.5) is 4.79 Å². The van der Waals surface area contributed by atoms with E-state index >= 15 is 0 Å². The number of benzene rings is 1. The van der Waals surface area contributed by atoms with Crippen molar-refractivity contribution in [1.29, 1.82) is 0 Å². The predicted octanol–water partition coefficient (Wildman–Crippen LogP) is 3.34. The van der Waals surface area contributed by atoms with Crippen molar-refractivity contribution in [2.45, 2.75) is 56.6 Å². The standard InChI is InChI=1S/C19H26N2O4S/c1-4-10-19(11-5-2)17(23)21(18(24)20-19)12-16(22)25-13-14-6-8-15(26-3)9-7-14/h6-9H,4-5,10-13H2,1-3H3,(H,20,24). The third-order valence-corrected chi connectivity index (χ3v) is 5.19. The summed E-state index contributed by atoms with van der Waals surface area (Å²) >= 11 is 1.63. The van der Waals surface area contributed by atoms with Gasteiger partial charge in [0.25, 0.3) is 5.91 Å². The number of thioether (sulfide) groups is 1. The first kappa shape index (κ1) is 20.3. The summed E-state index contributed by atoms with van der Waals surface area (Å²) in [5.41, 5.74) is -0.0196. The molecule has 1 aromatic carbocycles. The van der Waals surface area contributed by atoms with Gasteiger partial charge in [0.15, 0.2) is 0 Å². The molecule has 0 radical (unpaired) electrons. The highest BCUT2D eigenvalue weighted by Crippen LogP contribution is 2.28. The summed E-state index contributed by atoms with van der Waals surface area (Å²) in [7, 11) is 0. The fourth-order valence-corrected chi connectivity index (χ4v) is 3.61. The minimum atomic E-state index is -0.880. The number of carbonyl (C=O) groups excluding carboxylic acids is 3. The summed E-state index contributed by atoms with van der Waals surface area (Å²) in [6.45, 7) is 3.70. The fraction of sp³-hybridized carbons (Fsp3) is 0.526. The number of esters is 1. The lowest BCUT2D eigenvalue weighted by Gasteiger charge is -2.25. The molecule has 0 aromatic heterocycles. The van der Waals surface area contributed by atoms with Crippen LogP contribution in [-0.4, -0.2) is 41.1 Å². The van der Waals surface area contributed by atoms with E-state index in [0.717, 1.165) is 28.2 Å². The molecule has 142 valence electrons. The van der Waals surface area contributed by atoms with Gasteiger partial charge < -0.3 is 10.1 Å². The number of ether oxygens (including phenoxy) is 1. The van der Waals surface area contributed by atoms with Crippen molar-refractivity contribution in [2.24, 2.45) is 0 Å². The second-order valence-electron chi connectivity index (χ2n) is 6.41. The molecule has 0 atom stereocenters. The van der Waals surface area contributed by atoms with Gasteiger partial charge in [-0.3, -0.25) is 14.5 Å². The topological polar surface area (TPSA) is 75.7 Å². The Balaban J connectivity index is 1.95. The summed E-state index contributed by atoms with van der Waals surface area (Å²) in [6, 6.07) is 7.17. The van der Waals surface area contributed by atoms with Crippen LogP contribution in [0.2, 0.25) is 0 Å². The zero-order chi connectivity index (χ0) is 19.2. The van der Waals surface area contributed by atoms with Crippen molar-refractivity contribution in [3.63, 3.8) is 0 Å². The molecule has 1 aromatic rings. The number of nitrogens with zero attached hydrogens (tertiary/aromatic N) is 1. The van der Waals surface area contributed by atoms with Crippen LogP contribution in [0.1, 0.15) is 45.1 Å². The molecule has 6 nitrogen and oxygen atoms in total. The van der Waals surface area contributed by atoms with Gasteiger partial charge in [-0.2, -0.15) is 0 Å². The molecule has 1 N–H and O–H groups in total. The van der Waals surface area contributed by atoms with Gasteiger partial charge in [-0.05, 0) is 36.8 Å². The van der Waals surface area contributed by atoms with Crippen molar-refractivity contribution in [1.82, 2.24) is 10.2 Å². The van der Waals surface area contributed by atoms with Crippen molar-refractivity contribution in [3.8, 4) is 0 Å². The largest absolute Gasteiger partial charge is 0.459 e. The van der Waals surface area contributed by atoms with Crippen LogP contribution in [0, 0.1) is 0 Å². The van der Waals surface area contributed by atoms with Crippen LogP contribution in [0.5, 0.6) is 0 Å². The number of urea groups is 1. The zero-order valence-corrected chi connectivity index (χ0v) is 16.4. The molecule has 7 heteroatoms. The summed E-state index contributed by atoms with van der Waals surface area (Å²) in [5, 5.41) is 2.79. The van der Waals surface area contributed by atoms with Gasteiger partial charge in [-0.25, -0.2) is 4.79 Å². The van der Waals surface area contributed by atoms with Gasteiger partial charge in [-0.1, -0.05) is 38.8 Å². The highest BCUT2D eigenvalue weighted by Gasteiger charge is 2.50. The van der Waals surface area contributed by atoms with E-state index in [0.29, 0.717) is 12.8 Å². The number of nitrogens with one attached hydrogen (secondary N) is 1. The Bertz CT molecular complexity index is 654. The Morgan fingerprint density at radius 2 is 1.77 bits per heavy atom. The van der Waals surface area contributed by atoms with Gasteiger partial charge in [0, 0.05) is 4.90 Å². The van der Waals surface area contributed by atoms with Crippen LogP contribution in [-0.2, 0) is 20.9 Å². The third-order valence-electron chi connectivity index (χ3n) is 4.45. The molecule has 26 heavy (non-hydrogen) atoms. The van der Waals surface area contributed by atoms with Gasteiger partial charge in [0.2, 0.25) is 0 Å². The number of carbonyl (C=O) groups is 3. The van der Waals surface area contributed by atoms with E-state index in [1.165, 1.54) is 0 Å². The molecule has 2 rings (SSSR count). The average molecular weight is 378 g/mol. The summed E-state index contributed by atoms with van der Waals surface area (Å²) in [4.78, 5) is 39.2. The lowest BCUT2D eigenvalue weighted by molar-refractivity contribution is -0.149. The van der Waals surface area contributed by atoms with Gasteiger partial charge in [0.05, 0.1) is 0 Å². The fourth-order valence-electron chi connectivity index (χ4n) is 3.20. The maximum atomic E-state index is 12.7. The molecule has 0 aliphatic carbocycles. The lowest BCUT2D eigenvalue weighted by atomic mass is 9.88. The molecular formula is C19H26N2O4S. The summed E-state index contributed by atoms with van der Waals surface area (Å²) < 4.78 is 5.23. The van der Waals surface area contributed by atoms with E-state index in [1.807, 2.05) is 44.4 Å². The highest BCUT2D eigenvalue weighted by atomic mass is 32.2. The van der Waals surface area contributed by atoms with Gasteiger partial charge >= 0.3 is 12.0 Å². The van der Waals surface area contributed by atoms with E-state index in [-0.39, 0.29) is 19.1 Å². The Morgan fingerprint density at radius 3 is 2.31 bits per heavy atom. The first-order valence-electron chi connectivity index (χ1n) is 8.88. The molecule has 1 aliphatic heterocycles. The molecule has 1 heterocycles.